The molecule has 1 saturated carbocycles. The molecule has 1 saturated heterocycles. The SMILES string of the molecule is Cn1nccc1C1(CN)C2CCN(c3cnc4c(-c5cccc(Cl)c5Cl)[nH]nc4n3)CC21. The summed E-state index contributed by atoms with van der Waals surface area (Å²) in [7, 11) is 2.00. The van der Waals surface area contributed by atoms with Crippen LogP contribution in [0.5, 0.6) is 0 Å². The third-order valence-electron chi connectivity index (χ3n) is 7.26. The topological polar surface area (TPSA) is 102 Å². The quantitative estimate of drug-likeness (QED) is 0.475. The fourth-order valence-corrected chi connectivity index (χ4v) is 6.02. The second kappa shape index (κ2) is 7.16. The molecule has 0 bridgehead atoms. The van der Waals surface area contributed by atoms with Crippen LogP contribution in [0.2, 0.25) is 10.0 Å². The predicted octanol–water partition coefficient (Wildman–Crippen LogP) is 3.41. The van der Waals surface area contributed by atoms with Gasteiger partial charge in [-0.15, -0.1) is 0 Å². The van der Waals surface area contributed by atoms with Gasteiger partial charge in [0.05, 0.1) is 21.9 Å². The summed E-state index contributed by atoms with van der Waals surface area (Å²) >= 11 is 12.6. The summed E-state index contributed by atoms with van der Waals surface area (Å²) in [5.41, 5.74) is 10.2. The fourth-order valence-electron chi connectivity index (χ4n) is 5.63. The Morgan fingerprint density at radius 3 is 2.91 bits per heavy atom. The van der Waals surface area contributed by atoms with Crippen LogP contribution in [0.4, 0.5) is 5.82 Å². The highest BCUT2D eigenvalue weighted by molar-refractivity contribution is 6.43. The molecule has 3 N–H and O–H groups in total. The second-order valence-electron chi connectivity index (χ2n) is 8.63. The Morgan fingerprint density at radius 1 is 1.25 bits per heavy atom. The van der Waals surface area contributed by atoms with Gasteiger partial charge in [0.2, 0.25) is 5.65 Å². The van der Waals surface area contributed by atoms with Crippen molar-refractivity contribution in [2.24, 2.45) is 24.6 Å². The van der Waals surface area contributed by atoms with E-state index in [0.29, 0.717) is 45.3 Å². The predicted molar refractivity (Wildman–Crippen MR) is 125 cm³/mol. The molecule has 3 unspecified atom stereocenters. The molecule has 0 radical (unpaired) electrons. The second-order valence-corrected chi connectivity index (χ2v) is 9.42. The molecule has 8 nitrogen and oxygen atoms in total. The van der Waals surface area contributed by atoms with Crippen molar-refractivity contribution in [1.82, 2.24) is 29.9 Å². The van der Waals surface area contributed by atoms with E-state index in [4.69, 9.17) is 33.9 Å². The van der Waals surface area contributed by atoms with Gasteiger partial charge in [-0.1, -0.05) is 35.3 Å². The van der Waals surface area contributed by atoms with Gasteiger partial charge in [0, 0.05) is 49.6 Å². The number of nitrogens with two attached hydrogens (primary N) is 1. The van der Waals surface area contributed by atoms with Gasteiger partial charge >= 0.3 is 0 Å². The number of nitrogens with one attached hydrogen (secondary N) is 1. The number of aryl methyl sites for hydroxylation is 1. The first-order chi connectivity index (χ1) is 15.5. The molecule has 10 heteroatoms. The van der Waals surface area contributed by atoms with E-state index in [0.717, 1.165) is 30.9 Å². The maximum Gasteiger partial charge on any atom is 0.202 e. The Balaban J connectivity index is 1.30. The highest BCUT2D eigenvalue weighted by Gasteiger charge is 2.66. The molecule has 1 aliphatic heterocycles. The van der Waals surface area contributed by atoms with Gasteiger partial charge in [-0.3, -0.25) is 9.78 Å². The standard InChI is InChI=1S/C22H22Cl2N8/c1-31-16(5-7-27-31)22(11-25)13-6-8-32(10-14(13)22)17-9-26-20-19(29-30-21(20)28-17)12-3-2-4-15(23)18(12)24/h2-5,7,9,13-14H,6,8,10-11,25H2,1H3,(H,28,29,30). The third kappa shape index (κ3) is 2.73. The van der Waals surface area contributed by atoms with Crippen molar-refractivity contribution in [2.45, 2.75) is 11.8 Å². The molecular formula is C22H22Cl2N8. The van der Waals surface area contributed by atoms with E-state index in [1.54, 1.807) is 6.07 Å². The Morgan fingerprint density at radius 2 is 2.12 bits per heavy atom. The smallest absolute Gasteiger partial charge is 0.202 e. The average Bonchev–Trinajstić information content (AvgIpc) is 3.06. The maximum absolute atomic E-state index is 6.40. The summed E-state index contributed by atoms with van der Waals surface area (Å²) in [6.07, 6.45) is 4.74. The molecular weight excluding hydrogens is 447 g/mol. The Bertz CT molecular complexity index is 1330. The van der Waals surface area contributed by atoms with Gasteiger partial charge in [-0.25, -0.2) is 9.97 Å². The van der Waals surface area contributed by atoms with Crippen molar-refractivity contribution in [2.75, 3.05) is 24.5 Å². The number of aromatic nitrogens is 6. The van der Waals surface area contributed by atoms with Crippen LogP contribution in [-0.2, 0) is 12.5 Å². The number of nitrogens with zero attached hydrogens (tertiary/aromatic N) is 6. The third-order valence-corrected chi connectivity index (χ3v) is 8.08. The number of halogens is 2. The maximum atomic E-state index is 6.40. The largest absolute Gasteiger partial charge is 0.355 e. The zero-order valence-corrected chi connectivity index (χ0v) is 19.0. The monoisotopic (exact) mass is 468 g/mol. The fraction of sp³-hybridized carbons (Fsp3) is 0.364. The van der Waals surface area contributed by atoms with Crippen LogP contribution in [0.1, 0.15) is 12.1 Å². The van der Waals surface area contributed by atoms with E-state index in [9.17, 15) is 0 Å². The molecule has 1 aromatic carbocycles. The van der Waals surface area contributed by atoms with Crippen molar-refractivity contribution < 1.29 is 0 Å². The van der Waals surface area contributed by atoms with Gasteiger partial charge in [0.15, 0.2) is 0 Å². The van der Waals surface area contributed by atoms with Crippen LogP contribution in [0.25, 0.3) is 22.4 Å². The molecule has 164 valence electrons. The average molecular weight is 469 g/mol. The summed E-state index contributed by atoms with van der Waals surface area (Å²) in [6.45, 7) is 2.44. The molecule has 0 amide bonds. The highest BCUT2D eigenvalue weighted by Crippen LogP contribution is 2.62. The number of anilines is 1. The highest BCUT2D eigenvalue weighted by atomic mass is 35.5. The number of hydrogen-bond acceptors (Lipinski definition) is 6. The number of rotatable bonds is 4. The number of aromatic amines is 1. The van der Waals surface area contributed by atoms with Crippen molar-refractivity contribution in [3.8, 4) is 11.3 Å². The summed E-state index contributed by atoms with van der Waals surface area (Å²) in [5.74, 6) is 1.89. The molecule has 2 fully saturated rings. The van der Waals surface area contributed by atoms with Crippen LogP contribution >= 0.6 is 23.2 Å². The van der Waals surface area contributed by atoms with Crippen molar-refractivity contribution >= 4 is 40.2 Å². The van der Waals surface area contributed by atoms with E-state index in [-0.39, 0.29) is 5.41 Å². The van der Waals surface area contributed by atoms with Crippen molar-refractivity contribution in [3.63, 3.8) is 0 Å². The molecule has 6 rings (SSSR count). The van der Waals surface area contributed by atoms with Gasteiger partial charge < -0.3 is 10.6 Å². The lowest BCUT2D eigenvalue weighted by Crippen LogP contribution is -2.33. The molecule has 4 aromatic rings. The molecule has 4 heterocycles. The first-order valence-electron chi connectivity index (χ1n) is 10.6. The Hall–Kier alpha value is -2.68. The van der Waals surface area contributed by atoms with Gasteiger partial charge in [-0.05, 0) is 30.4 Å². The van der Waals surface area contributed by atoms with Crippen molar-refractivity contribution in [1.29, 1.82) is 0 Å². The van der Waals surface area contributed by atoms with Crippen LogP contribution < -0.4 is 10.6 Å². The van der Waals surface area contributed by atoms with E-state index in [2.05, 4.69) is 31.2 Å². The number of hydrogen-bond donors (Lipinski definition) is 2. The Labute approximate surface area is 194 Å². The van der Waals surface area contributed by atoms with E-state index < -0.39 is 0 Å². The van der Waals surface area contributed by atoms with E-state index >= 15 is 0 Å². The van der Waals surface area contributed by atoms with E-state index in [1.165, 1.54) is 5.69 Å². The van der Waals surface area contributed by atoms with E-state index in [1.807, 2.05) is 36.3 Å². The minimum Gasteiger partial charge on any atom is -0.355 e. The number of H-pyrrole nitrogens is 1. The first kappa shape index (κ1) is 20.0. The van der Waals surface area contributed by atoms with Gasteiger partial charge in [0.1, 0.15) is 11.3 Å². The molecule has 2 aliphatic rings. The number of piperidine rings is 1. The zero-order valence-electron chi connectivity index (χ0n) is 17.5. The summed E-state index contributed by atoms with van der Waals surface area (Å²) in [4.78, 5) is 11.8. The molecule has 3 aromatic heterocycles. The summed E-state index contributed by atoms with van der Waals surface area (Å²) < 4.78 is 1.97. The van der Waals surface area contributed by atoms with Gasteiger partial charge in [0.25, 0.3) is 0 Å². The Kier molecular flexibility index (Phi) is 4.47. The van der Waals surface area contributed by atoms with Gasteiger partial charge in [-0.2, -0.15) is 10.2 Å². The molecule has 32 heavy (non-hydrogen) atoms. The minimum atomic E-state index is 0.000358. The lowest BCUT2D eigenvalue weighted by Gasteiger charge is -2.26. The first-order valence-corrected chi connectivity index (χ1v) is 11.4. The van der Waals surface area contributed by atoms with Crippen LogP contribution in [0.3, 0.4) is 0 Å². The zero-order chi connectivity index (χ0) is 22.0. The van der Waals surface area contributed by atoms with Crippen molar-refractivity contribution in [3.05, 3.63) is 52.4 Å². The molecule has 0 spiro atoms. The lowest BCUT2D eigenvalue weighted by molar-refractivity contribution is 0.536. The summed E-state index contributed by atoms with van der Waals surface area (Å²) in [6, 6.07) is 7.60. The van der Waals surface area contributed by atoms with Crippen LogP contribution in [0.15, 0.2) is 36.7 Å². The minimum absolute atomic E-state index is 0.000358. The number of benzene rings is 1. The normalized spacial score (nSPS) is 24.7. The summed E-state index contributed by atoms with van der Waals surface area (Å²) in [5, 5.41) is 12.7. The molecule has 3 atom stereocenters. The number of fused-ring (bicyclic) bond motifs is 2. The molecule has 1 aliphatic carbocycles. The van der Waals surface area contributed by atoms with Crippen LogP contribution in [-0.4, -0.2) is 49.6 Å². The van der Waals surface area contributed by atoms with Crippen LogP contribution in [0, 0.1) is 11.8 Å². The lowest BCUT2D eigenvalue weighted by atomic mass is 9.97.